The van der Waals surface area contributed by atoms with Crippen LogP contribution in [0.15, 0.2) is 12.5 Å². The van der Waals surface area contributed by atoms with Crippen molar-refractivity contribution in [1.82, 2.24) is 14.9 Å². The lowest BCUT2D eigenvalue weighted by Crippen LogP contribution is -2.42. The first-order valence-electron chi connectivity index (χ1n) is 4.73. The number of piperidine rings is 1. The Morgan fingerprint density at radius 2 is 2.57 bits per heavy atom. The summed E-state index contributed by atoms with van der Waals surface area (Å²) < 4.78 is 0. The van der Waals surface area contributed by atoms with Gasteiger partial charge in [0.05, 0.1) is 18.6 Å². The van der Waals surface area contributed by atoms with E-state index in [9.17, 15) is 9.90 Å². The second-order valence-corrected chi connectivity index (χ2v) is 3.51. The number of β-amino-alcohol motifs (C(OH)–C–C–N with tert-alkyl or cyclic N) is 1. The summed E-state index contributed by atoms with van der Waals surface area (Å²) >= 11 is 0. The molecule has 1 amide bonds. The minimum atomic E-state index is -0.379. The molecule has 2 N–H and O–H groups in total. The second-order valence-electron chi connectivity index (χ2n) is 3.51. The number of carbonyl (C=O) groups is 1. The van der Waals surface area contributed by atoms with E-state index in [4.69, 9.17) is 0 Å². The average molecular weight is 195 g/mol. The van der Waals surface area contributed by atoms with Gasteiger partial charge >= 0.3 is 0 Å². The molecular weight excluding hydrogens is 182 g/mol. The molecule has 5 heteroatoms. The summed E-state index contributed by atoms with van der Waals surface area (Å²) in [5, 5.41) is 9.41. The third-order valence-corrected chi connectivity index (χ3v) is 2.41. The maximum Gasteiger partial charge on any atom is 0.272 e. The van der Waals surface area contributed by atoms with Gasteiger partial charge in [-0.1, -0.05) is 0 Å². The van der Waals surface area contributed by atoms with Crippen molar-refractivity contribution in [2.24, 2.45) is 0 Å². The number of aliphatic hydroxyl groups is 1. The van der Waals surface area contributed by atoms with Gasteiger partial charge in [-0.15, -0.1) is 0 Å². The number of hydrogen-bond acceptors (Lipinski definition) is 3. The van der Waals surface area contributed by atoms with E-state index >= 15 is 0 Å². The Balaban J connectivity index is 2.04. The lowest BCUT2D eigenvalue weighted by atomic mass is 10.1. The normalized spacial score (nSPS) is 22.4. The lowest BCUT2D eigenvalue weighted by molar-refractivity contribution is 0.0469. The zero-order chi connectivity index (χ0) is 9.97. The maximum absolute atomic E-state index is 11.7. The quantitative estimate of drug-likeness (QED) is 0.663. The van der Waals surface area contributed by atoms with Gasteiger partial charge in [0.2, 0.25) is 0 Å². The molecule has 0 spiro atoms. The van der Waals surface area contributed by atoms with Crippen molar-refractivity contribution < 1.29 is 9.90 Å². The highest BCUT2D eigenvalue weighted by atomic mass is 16.3. The number of carbonyl (C=O) groups excluding carboxylic acids is 1. The fourth-order valence-corrected chi connectivity index (χ4v) is 1.68. The number of nitrogens with one attached hydrogen (secondary N) is 1. The minimum absolute atomic E-state index is 0.0822. The minimum Gasteiger partial charge on any atom is -0.391 e. The van der Waals surface area contributed by atoms with Crippen LogP contribution in [-0.4, -0.2) is 45.1 Å². The van der Waals surface area contributed by atoms with E-state index in [1.54, 1.807) is 4.90 Å². The monoisotopic (exact) mass is 195 g/mol. The van der Waals surface area contributed by atoms with Crippen molar-refractivity contribution in [2.75, 3.05) is 13.1 Å². The standard InChI is InChI=1S/C9H13N3O2/c13-7-2-1-3-12(5-7)9(14)8-4-10-6-11-8/h4,6-7,13H,1-3,5H2,(H,10,11)/t7-/m1/s1. The molecule has 0 aliphatic carbocycles. The van der Waals surface area contributed by atoms with Crippen molar-refractivity contribution in [2.45, 2.75) is 18.9 Å². The molecule has 1 saturated heterocycles. The molecule has 14 heavy (non-hydrogen) atoms. The Morgan fingerprint density at radius 3 is 3.21 bits per heavy atom. The van der Waals surface area contributed by atoms with E-state index in [1.165, 1.54) is 12.5 Å². The largest absolute Gasteiger partial charge is 0.391 e. The van der Waals surface area contributed by atoms with Crippen molar-refractivity contribution in [3.8, 4) is 0 Å². The highest BCUT2D eigenvalue weighted by molar-refractivity contribution is 5.92. The molecule has 0 saturated carbocycles. The zero-order valence-corrected chi connectivity index (χ0v) is 7.81. The van der Waals surface area contributed by atoms with Gasteiger partial charge in [0, 0.05) is 13.1 Å². The zero-order valence-electron chi connectivity index (χ0n) is 7.81. The van der Waals surface area contributed by atoms with Gasteiger partial charge in [-0.25, -0.2) is 4.98 Å². The first-order valence-corrected chi connectivity index (χ1v) is 4.73. The number of aromatic nitrogens is 2. The third-order valence-electron chi connectivity index (χ3n) is 2.41. The Hall–Kier alpha value is -1.36. The van der Waals surface area contributed by atoms with Gasteiger partial charge in [-0.05, 0) is 12.8 Å². The molecule has 0 unspecified atom stereocenters. The number of aliphatic hydroxyl groups excluding tert-OH is 1. The molecule has 1 fully saturated rings. The van der Waals surface area contributed by atoms with E-state index in [0.717, 1.165) is 19.4 Å². The molecule has 0 bridgehead atoms. The lowest BCUT2D eigenvalue weighted by Gasteiger charge is -2.29. The number of imidazole rings is 1. The van der Waals surface area contributed by atoms with Crippen LogP contribution in [0.5, 0.6) is 0 Å². The predicted octanol–water partition coefficient (Wildman–Crippen LogP) is 0.00660. The number of likely N-dealkylation sites (tertiary alicyclic amines) is 1. The summed E-state index contributed by atoms with van der Waals surface area (Å²) in [5.74, 6) is -0.0822. The van der Waals surface area contributed by atoms with Gasteiger partial charge in [0.15, 0.2) is 0 Å². The van der Waals surface area contributed by atoms with E-state index in [-0.39, 0.29) is 12.0 Å². The van der Waals surface area contributed by atoms with E-state index in [1.807, 2.05) is 0 Å². The van der Waals surface area contributed by atoms with Gasteiger partial charge in [0.1, 0.15) is 5.69 Å². The SMILES string of the molecule is O=C(c1cnc[nH]1)N1CCC[C@@H](O)C1. The predicted molar refractivity (Wildman–Crippen MR) is 49.7 cm³/mol. The van der Waals surface area contributed by atoms with Crippen LogP contribution in [0.1, 0.15) is 23.3 Å². The molecule has 1 atom stereocenters. The third kappa shape index (κ3) is 1.77. The van der Waals surface area contributed by atoms with Crippen molar-refractivity contribution in [3.63, 3.8) is 0 Å². The van der Waals surface area contributed by atoms with Gasteiger partial charge in [-0.3, -0.25) is 4.79 Å². The van der Waals surface area contributed by atoms with Crippen LogP contribution in [0, 0.1) is 0 Å². The number of nitrogens with zero attached hydrogens (tertiary/aromatic N) is 2. The molecule has 1 aliphatic rings. The first kappa shape index (κ1) is 9.21. The van der Waals surface area contributed by atoms with Crippen LogP contribution < -0.4 is 0 Å². The van der Waals surface area contributed by atoms with Crippen LogP contribution in [0.25, 0.3) is 0 Å². The number of aromatic amines is 1. The van der Waals surface area contributed by atoms with Crippen LogP contribution in [-0.2, 0) is 0 Å². The van der Waals surface area contributed by atoms with Crippen LogP contribution in [0.2, 0.25) is 0 Å². The topological polar surface area (TPSA) is 69.2 Å². The molecule has 0 aromatic carbocycles. The molecule has 5 nitrogen and oxygen atoms in total. The van der Waals surface area contributed by atoms with E-state index in [2.05, 4.69) is 9.97 Å². The Labute approximate surface area is 81.8 Å². The number of H-pyrrole nitrogens is 1. The summed E-state index contributed by atoms with van der Waals surface area (Å²) in [6.45, 7) is 1.15. The van der Waals surface area contributed by atoms with Crippen molar-refractivity contribution in [3.05, 3.63) is 18.2 Å². The number of amides is 1. The van der Waals surface area contributed by atoms with Crippen LogP contribution in [0.4, 0.5) is 0 Å². The molecule has 2 rings (SSSR count). The van der Waals surface area contributed by atoms with Gasteiger partial charge in [0.25, 0.3) is 5.91 Å². The summed E-state index contributed by atoms with van der Waals surface area (Å²) in [4.78, 5) is 20.0. The molecule has 76 valence electrons. The second kappa shape index (κ2) is 3.79. The van der Waals surface area contributed by atoms with Crippen LogP contribution in [0.3, 0.4) is 0 Å². The molecule has 2 heterocycles. The number of rotatable bonds is 1. The molecule has 0 radical (unpaired) electrons. The van der Waals surface area contributed by atoms with Crippen molar-refractivity contribution in [1.29, 1.82) is 0 Å². The Kier molecular flexibility index (Phi) is 2.49. The summed E-state index contributed by atoms with van der Waals surface area (Å²) in [6, 6.07) is 0. The number of hydrogen-bond donors (Lipinski definition) is 2. The Morgan fingerprint density at radius 1 is 1.71 bits per heavy atom. The fraction of sp³-hybridized carbons (Fsp3) is 0.556. The summed E-state index contributed by atoms with van der Waals surface area (Å²) in [5.41, 5.74) is 0.485. The average Bonchev–Trinajstić information content (AvgIpc) is 2.69. The van der Waals surface area contributed by atoms with Crippen LogP contribution >= 0.6 is 0 Å². The first-order chi connectivity index (χ1) is 6.77. The molecule has 1 aliphatic heterocycles. The fourth-order valence-electron chi connectivity index (χ4n) is 1.68. The molecular formula is C9H13N3O2. The molecule has 1 aromatic heterocycles. The van der Waals surface area contributed by atoms with Gasteiger partial charge in [-0.2, -0.15) is 0 Å². The smallest absolute Gasteiger partial charge is 0.272 e. The van der Waals surface area contributed by atoms with E-state index < -0.39 is 0 Å². The summed E-state index contributed by atoms with van der Waals surface area (Å²) in [7, 11) is 0. The summed E-state index contributed by atoms with van der Waals surface area (Å²) in [6.07, 6.45) is 4.25. The highest BCUT2D eigenvalue weighted by Crippen LogP contribution is 2.12. The van der Waals surface area contributed by atoms with Gasteiger partial charge < -0.3 is 15.0 Å². The Bertz CT molecular complexity index is 310. The molecule has 1 aromatic rings. The van der Waals surface area contributed by atoms with Crippen molar-refractivity contribution >= 4 is 5.91 Å². The maximum atomic E-state index is 11.7. The highest BCUT2D eigenvalue weighted by Gasteiger charge is 2.23. The van der Waals surface area contributed by atoms with E-state index in [0.29, 0.717) is 12.2 Å².